The first-order chi connectivity index (χ1) is 11.9. The second kappa shape index (κ2) is 8.31. The molecule has 2 aromatic rings. The van der Waals surface area contributed by atoms with Crippen molar-refractivity contribution in [1.82, 2.24) is 4.90 Å². The molecule has 1 N–H and O–H groups in total. The Labute approximate surface area is 145 Å². The van der Waals surface area contributed by atoms with E-state index in [1.807, 2.05) is 6.07 Å². The van der Waals surface area contributed by atoms with Gasteiger partial charge in [0, 0.05) is 12.1 Å². The summed E-state index contributed by atoms with van der Waals surface area (Å²) in [7, 11) is 1.74. The lowest BCUT2D eigenvalue weighted by atomic mass is 10.2. The Kier molecular flexibility index (Phi) is 6.14. The summed E-state index contributed by atoms with van der Waals surface area (Å²) < 4.78 is 24.2. The van der Waals surface area contributed by atoms with Crippen LogP contribution in [0.2, 0.25) is 0 Å². The summed E-state index contributed by atoms with van der Waals surface area (Å²) >= 11 is 0. The molecule has 1 aromatic carbocycles. The number of hydrogen-bond acceptors (Lipinski definition) is 5. The monoisotopic (exact) mass is 345 g/mol. The smallest absolute Gasteiger partial charge is 0.240 e. The third kappa shape index (κ3) is 4.81. The van der Waals surface area contributed by atoms with Gasteiger partial charge in [-0.15, -0.1) is 0 Å². The molecule has 132 valence electrons. The molecule has 0 unspecified atom stereocenters. The zero-order chi connectivity index (χ0) is 18.4. The summed E-state index contributed by atoms with van der Waals surface area (Å²) in [5.41, 5.74) is 1.04. The van der Waals surface area contributed by atoms with Crippen LogP contribution >= 0.6 is 0 Å². The number of furan rings is 1. The van der Waals surface area contributed by atoms with Crippen molar-refractivity contribution in [2.45, 2.75) is 13.8 Å². The maximum Gasteiger partial charge on any atom is 0.240 e. The maximum atomic E-state index is 13.4. The number of nitrogens with one attached hydrogen (secondary N) is 1. The lowest BCUT2D eigenvalue weighted by Crippen LogP contribution is -2.33. The zero-order valence-electron chi connectivity index (χ0n) is 14.4. The van der Waals surface area contributed by atoms with Crippen LogP contribution in [0, 0.1) is 31.0 Å². The molecular weight excluding hydrogens is 325 g/mol. The van der Waals surface area contributed by atoms with Crippen LogP contribution in [-0.2, 0) is 4.79 Å². The van der Waals surface area contributed by atoms with E-state index in [1.54, 1.807) is 44.0 Å². The van der Waals surface area contributed by atoms with Gasteiger partial charge in [-0.1, -0.05) is 12.1 Å². The van der Waals surface area contributed by atoms with Crippen LogP contribution < -0.4 is 10.1 Å². The zero-order valence-corrected chi connectivity index (χ0v) is 14.4. The number of rotatable bonds is 7. The van der Waals surface area contributed by atoms with Crippen molar-refractivity contribution in [1.29, 1.82) is 5.26 Å². The second-order valence-corrected chi connectivity index (χ2v) is 5.66. The van der Waals surface area contributed by atoms with Crippen molar-refractivity contribution < 1.29 is 18.3 Å². The van der Waals surface area contributed by atoms with Crippen molar-refractivity contribution in [2.24, 2.45) is 0 Å². The molecule has 7 heteroatoms. The van der Waals surface area contributed by atoms with E-state index in [9.17, 15) is 9.18 Å². The van der Waals surface area contributed by atoms with E-state index < -0.39 is 5.82 Å². The standard InChI is InChI=1S/C18H20FN3O3/c1-12-13(2)25-18(14(12)10-20)21-17(23)11-22(3)8-9-24-16-7-5-4-6-15(16)19/h4-7H,8-9,11H2,1-3H3,(H,21,23). The molecule has 1 amide bonds. The minimum atomic E-state index is -0.421. The Balaban J connectivity index is 1.82. The first-order valence-corrected chi connectivity index (χ1v) is 7.78. The number of aryl methyl sites for hydroxylation is 1. The van der Waals surface area contributed by atoms with Gasteiger partial charge in [0.2, 0.25) is 11.8 Å². The van der Waals surface area contributed by atoms with E-state index in [1.165, 1.54) is 6.07 Å². The number of nitriles is 1. The highest BCUT2D eigenvalue weighted by atomic mass is 19.1. The second-order valence-electron chi connectivity index (χ2n) is 5.66. The molecule has 0 aliphatic rings. The lowest BCUT2D eigenvalue weighted by molar-refractivity contribution is -0.117. The molecule has 0 fully saturated rings. The highest BCUT2D eigenvalue weighted by Gasteiger charge is 2.17. The molecule has 1 heterocycles. The van der Waals surface area contributed by atoms with Crippen LogP contribution in [0.25, 0.3) is 0 Å². The quantitative estimate of drug-likeness (QED) is 0.835. The van der Waals surface area contributed by atoms with Crippen LogP contribution in [-0.4, -0.2) is 37.6 Å². The molecule has 1 aromatic heterocycles. The number of benzene rings is 1. The molecule has 0 aliphatic heterocycles. The predicted octanol–water partition coefficient (Wildman–Crippen LogP) is 2.86. The highest BCUT2D eigenvalue weighted by molar-refractivity contribution is 5.92. The molecule has 25 heavy (non-hydrogen) atoms. The van der Waals surface area contributed by atoms with E-state index in [0.717, 1.165) is 0 Å². The molecule has 0 atom stereocenters. The predicted molar refractivity (Wildman–Crippen MR) is 90.9 cm³/mol. The van der Waals surface area contributed by atoms with Crippen LogP contribution in [0.3, 0.4) is 0 Å². The normalized spacial score (nSPS) is 10.6. The van der Waals surface area contributed by atoms with Gasteiger partial charge >= 0.3 is 0 Å². The number of likely N-dealkylation sites (N-methyl/N-ethyl adjacent to an activating group) is 1. The molecule has 6 nitrogen and oxygen atoms in total. The third-order valence-corrected chi connectivity index (χ3v) is 3.73. The number of hydrogen-bond donors (Lipinski definition) is 1. The number of amides is 1. The number of para-hydroxylation sites is 1. The summed E-state index contributed by atoms with van der Waals surface area (Å²) in [6.45, 7) is 4.26. The third-order valence-electron chi connectivity index (χ3n) is 3.73. The van der Waals surface area contributed by atoms with E-state index in [-0.39, 0.29) is 30.7 Å². The number of nitrogens with zero attached hydrogens (tertiary/aromatic N) is 2. The molecule has 0 saturated heterocycles. The Morgan fingerprint density at radius 2 is 2.12 bits per heavy atom. The van der Waals surface area contributed by atoms with Crippen molar-refractivity contribution in [3.05, 3.63) is 47.0 Å². The van der Waals surface area contributed by atoms with Gasteiger partial charge in [-0.05, 0) is 33.0 Å². The number of halogens is 1. The number of carbonyl (C=O) groups is 1. The molecule has 0 bridgehead atoms. The van der Waals surface area contributed by atoms with Crippen LogP contribution in [0.5, 0.6) is 5.75 Å². The van der Waals surface area contributed by atoms with Crippen molar-refractivity contribution in [3.8, 4) is 11.8 Å². The Hall–Kier alpha value is -2.85. The summed E-state index contributed by atoms with van der Waals surface area (Å²) in [6, 6.07) is 8.18. The number of carbonyl (C=O) groups excluding carboxylic acids is 1. The molecular formula is C18H20FN3O3. The molecule has 2 rings (SSSR count). The number of anilines is 1. The van der Waals surface area contributed by atoms with Gasteiger partial charge in [-0.3, -0.25) is 15.0 Å². The van der Waals surface area contributed by atoms with Gasteiger partial charge in [0.15, 0.2) is 11.6 Å². The highest BCUT2D eigenvalue weighted by Crippen LogP contribution is 2.25. The summed E-state index contributed by atoms with van der Waals surface area (Å²) in [6.07, 6.45) is 0. The molecule has 0 radical (unpaired) electrons. The summed E-state index contributed by atoms with van der Waals surface area (Å²) in [5.74, 6) is 0.215. The van der Waals surface area contributed by atoms with E-state index >= 15 is 0 Å². The largest absolute Gasteiger partial charge is 0.489 e. The maximum absolute atomic E-state index is 13.4. The number of ether oxygens (including phenoxy) is 1. The van der Waals surface area contributed by atoms with Gasteiger partial charge in [0.1, 0.15) is 24.0 Å². The van der Waals surface area contributed by atoms with Crippen molar-refractivity contribution >= 4 is 11.8 Å². The van der Waals surface area contributed by atoms with E-state index in [0.29, 0.717) is 23.4 Å². The molecule has 0 spiro atoms. The fraction of sp³-hybridized carbons (Fsp3) is 0.333. The lowest BCUT2D eigenvalue weighted by Gasteiger charge is -2.16. The Morgan fingerprint density at radius 3 is 2.80 bits per heavy atom. The van der Waals surface area contributed by atoms with Gasteiger partial charge in [0.25, 0.3) is 0 Å². The van der Waals surface area contributed by atoms with Gasteiger partial charge in [-0.2, -0.15) is 5.26 Å². The minimum Gasteiger partial charge on any atom is -0.489 e. The van der Waals surface area contributed by atoms with Gasteiger partial charge in [0.05, 0.1) is 6.54 Å². The van der Waals surface area contributed by atoms with Gasteiger partial charge in [-0.25, -0.2) is 4.39 Å². The van der Waals surface area contributed by atoms with Crippen LogP contribution in [0.4, 0.5) is 10.3 Å². The van der Waals surface area contributed by atoms with E-state index in [2.05, 4.69) is 5.32 Å². The Bertz CT molecular complexity index is 795. The fourth-order valence-corrected chi connectivity index (χ4v) is 2.21. The molecule has 0 aliphatic carbocycles. The minimum absolute atomic E-state index is 0.0876. The first kappa shape index (κ1) is 18.5. The van der Waals surface area contributed by atoms with Crippen molar-refractivity contribution in [3.63, 3.8) is 0 Å². The average Bonchev–Trinajstić information content (AvgIpc) is 2.82. The van der Waals surface area contributed by atoms with Crippen LogP contribution in [0.1, 0.15) is 16.9 Å². The van der Waals surface area contributed by atoms with Crippen LogP contribution in [0.15, 0.2) is 28.7 Å². The fourth-order valence-electron chi connectivity index (χ4n) is 2.21. The van der Waals surface area contributed by atoms with Gasteiger partial charge < -0.3 is 9.15 Å². The average molecular weight is 345 g/mol. The van der Waals surface area contributed by atoms with Crippen molar-refractivity contribution in [2.75, 3.05) is 32.1 Å². The topological polar surface area (TPSA) is 78.5 Å². The first-order valence-electron chi connectivity index (χ1n) is 7.78. The Morgan fingerprint density at radius 1 is 1.40 bits per heavy atom. The molecule has 0 saturated carbocycles. The summed E-state index contributed by atoms with van der Waals surface area (Å²) in [5, 5.41) is 11.7. The SMILES string of the molecule is Cc1oc(NC(=O)CN(C)CCOc2ccccc2F)c(C#N)c1C. The van der Waals surface area contributed by atoms with E-state index in [4.69, 9.17) is 14.4 Å². The summed E-state index contributed by atoms with van der Waals surface area (Å²) in [4.78, 5) is 13.8.